The second-order valence-corrected chi connectivity index (χ2v) is 5.52. The third-order valence-corrected chi connectivity index (χ3v) is 4.83. The molecule has 0 unspecified atom stereocenters. The maximum Gasteiger partial charge on any atom is 0.137 e. The summed E-state index contributed by atoms with van der Waals surface area (Å²) >= 11 is 0. The summed E-state index contributed by atoms with van der Waals surface area (Å²) in [4.78, 5) is 11.8. The number of ketones is 1. The van der Waals surface area contributed by atoms with E-state index in [0.29, 0.717) is 11.7 Å². The Labute approximate surface area is 90.5 Å². The maximum atomic E-state index is 11.8. The predicted molar refractivity (Wildman–Crippen MR) is 59.6 cm³/mol. The van der Waals surface area contributed by atoms with Gasteiger partial charge in [-0.1, -0.05) is 44.2 Å². The van der Waals surface area contributed by atoms with Crippen molar-refractivity contribution in [2.24, 2.45) is 11.3 Å². The topological polar surface area (TPSA) is 17.1 Å². The first-order valence-corrected chi connectivity index (χ1v) is 5.66. The zero-order chi connectivity index (χ0) is 10.7. The molecule has 2 aliphatic carbocycles. The molecule has 0 aromatic heterocycles. The van der Waals surface area contributed by atoms with Crippen LogP contribution in [0.15, 0.2) is 30.3 Å². The van der Waals surface area contributed by atoms with Crippen LogP contribution in [0, 0.1) is 11.3 Å². The lowest BCUT2D eigenvalue weighted by atomic mass is 9.71. The van der Waals surface area contributed by atoms with E-state index in [1.165, 1.54) is 5.56 Å². The third kappa shape index (κ3) is 0.961. The first-order valence-electron chi connectivity index (χ1n) is 5.66. The molecule has 0 spiro atoms. The van der Waals surface area contributed by atoms with Gasteiger partial charge in [-0.15, -0.1) is 0 Å². The van der Waals surface area contributed by atoms with Crippen molar-refractivity contribution in [3.05, 3.63) is 35.9 Å². The highest BCUT2D eigenvalue weighted by molar-refractivity contribution is 5.90. The van der Waals surface area contributed by atoms with Crippen LogP contribution in [0.2, 0.25) is 0 Å². The zero-order valence-electron chi connectivity index (χ0n) is 9.29. The molecular formula is C14H16O. The normalized spacial score (nSPS) is 42.8. The standard InChI is InChI=1S/C14H16O/c1-13(10-6-4-3-5-7-10)9-12(15)11-8-14(11,13)2/h3-7,11H,8-9H2,1-2H3/t11-,13-,14-/m0/s1. The van der Waals surface area contributed by atoms with Crippen molar-refractivity contribution in [1.82, 2.24) is 0 Å². The zero-order valence-corrected chi connectivity index (χ0v) is 9.29. The van der Waals surface area contributed by atoms with Gasteiger partial charge in [0.1, 0.15) is 5.78 Å². The summed E-state index contributed by atoms with van der Waals surface area (Å²) in [7, 11) is 0. The van der Waals surface area contributed by atoms with Gasteiger partial charge in [-0.05, 0) is 17.4 Å². The van der Waals surface area contributed by atoms with Crippen molar-refractivity contribution in [2.45, 2.75) is 32.1 Å². The molecule has 3 rings (SSSR count). The summed E-state index contributed by atoms with van der Waals surface area (Å²) < 4.78 is 0. The van der Waals surface area contributed by atoms with E-state index in [0.717, 1.165) is 12.8 Å². The van der Waals surface area contributed by atoms with E-state index in [2.05, 4.69) is 38.1 Å². The Hall–Kier alpha value is -1.11. The molecule has 0 N–H and O–H groups in total. The van der Waals surface area contributed by atoms with E-state index >= 15 is 0 Å². The summed E-state index contributed by atoms with van der Waals surface area (Å²) in [5.41, 5.74) is 1.66. The van der Waals surface area contributed by atoms with Crippen LogP contribution in [-0.4, -0.2) is 5.78 Å². The van der Waals surface area contributed by atoms with Gasteiger partial charge in [-0.25, -0.2) is 0 Å². The molecule has 0 heterocycles. The largest absolute Gasteiger partial charge is 0.299 e. The number of carbonyl (C=O) groups excluding carboxylic acids is 1. The van der Waals surface area contributed by atoms with Gasteiger partial charge >= 0.3 is 0 Å². The number of benzene rings is 1. The summed E-state index contributed by atoms with van der Waals surface area (Å²) in [5, 5.41) is 0. The van der Waals surface area contributed by atoms with Crippen molar-refractivity contribution >= 4 is 5.78 Å². The lowest BCUT2D eigenvalue weighted by Gasteiger charge is -2.32. The van der Waals surface area contributed by atoms with E-state index in [-0.39, 0.29) is 10.8 Å². The Morgan fingerprint density at radius 3 is 2.33 bits per heavy atom. The van der Waals surface area contributed by atoms with E-state index in [4.69, 9.17) is 0 Å². The van der Waals surface area contributed by atoms with Crippen molar-refractivity contribution in [2.75, 3.05) is 0 Å². The van der Waals surface area contributed by atoms with Gasteiger partial charge in [0.25, 0.3) is 0 Å². The summed E-state index contributed by atoms with van der Waals surface area (Å²) in [6, 6.07) is 10.5. The van der Waals surface area contributed by atoms with Crippen LogP contribution in [-0.2, 0) is 10.2 Å². The second-order valence-electron chi connectivity index (χ2n) is 5.52. The fourth-order valence-electron chi connectivity index (χ4n) is 3.36. The molecule has 2 fully saturated rings. The SMILES string of the molecule is C[C@@]1(c2ccccc2)CC(=O)[C@@H]2C[C@@]21C. The molecule has 2 saturated carbocycles. The van der Waals surface area contributed by atoms with Crippen molar-refractivity contribution in [1.29, 1.82) is 0 Å². The Morgan fingerprint density at radius 1 is 1.20 bits per heavy atom. The van der Waals surface area contributed by atoms with Gasteiger partial charge in [-0.2, -0.15) is 0 Å². The van der Waals surface area contributed by atoms with Crippen LogP contribution >= 0.6 is 0 Å². The molecule has 78 valence electrons. The fourth-order valence-corrected chi connectivity index (χ4v) is 3.36. The fraction of sp³-hybridized carbons (Fsp3) is 0.500. The van der Waals surface area contributed by atoms with E-state index in [1.54, 1.807) is 0 Å². The predicted octanol–water partition coefficient (Wildman–Crippen LogP) is 2.94. The number of hydrogen-bond donors (Lipinski definition) is 0. The molecule has 1 nitrogen and oxygen atoms in total. The Kier molecular flexibility index (Phi) is 1.54. The van der Waals surface area contributed by atoms with E-state index < -0.39 is 0 Å². The molecule has 15 heavy (non-hydrogen) atoms. The average Bonchev–Trinajstić information content (AvgIpc) is 2.89. The number of rotatable bonds is 1. The Morgan fingerprint density at radius 2 is 1.87 bits per heavy atom. The quantitative estimate of drug-likeness (QED) is 0.681. The molecule has 1 heteroatoms. The number of Topliss-reactive ketones (excluding diaryl/α,β-unsaturated/α-hetero) is 1. The van der Waals surface area contributed by atoms with E-state index in [1.807, 2.05) is 6.07 Å². The highest BCUT2D eigenvalue weighted by Crippen LogP contribution is 2.70. The van der Waals surface area contributed by atoms with Gasteiger partial charge < -0.3 is 0 Å². The summed E-state index contributed by atoms with van der Waals surface area (Å²) in [5.74, 6) is 0.826. The van der Waals surface area contributed by atoms with Gasteiger partial charge in [0.15, 0.2) is 0 Å². The molecule has 0 radical (unpaired) electrons. The maximum absolute atomic E-state index is 11.8. The molecule has 0 amide bonds. The number of carbonyl (C=O) groups is 1. The average molecular weight is 200 g/mol. The highest BCUT2D eigenvalue weighted by atomic mass is 16.1. The van der Waals surface area contributed by atoms with Crippen LogP contribution in [0.4, 0.5) is 0 Å². The summed E-state index contributed by atoms with van der Waals surface area (Å²) in [6.07, 6.45) is 1.83. The van der Waals surface area contributed by atoms with E-state index in [9.17, 15) is 4.79 Å². The summed E-state index contributed by atoms with van der Waals surface area (Å²) in [6.45, 7) is 4.53. The molecular weight excluding hydrogens is 184 g/mol. The van der Waals surface area contributed by atoms with Gasteiger partial charge in [0.2, 0.25) is 0 Å². The van der Waals surface area contributed by atoms with Gasteiger partial charge in [0.05, 0.1) is 0 Å². The molecule has 2 aliphatic rings. The molecule has 1 aromatic rings. The number of hydrogen-bond acceptors (Lipinski definition) is 1. The first-order chi connectivity index (χ1) is 7.08. The minimum absolute atomic E-state index is 0.0794. The minimum Gasteiger partial charge on any atom is -0.299 e. The van der Waals surface area contributed by atoms with Crippen LogP contribution in [0.5, 0.6) is 0 Å². The molecule has 3 atom stereocenters. The van der Waals surface area contributed by atoms with Gasteiger partial charge in [0, 0.05) is 17.8 Å². The smallest absolute Gasteiger partial charge is 0.137 e. The van der Waals surface area contributed by atoms with Crippen molar-refractivity contribution < 1.29 is 4.79 Å². The minimum atomic E-state index is 0.0794. The third-order valence-electron chi connectivity index (χ3n) is 4.83. The molecule has 0 bridgehead atoms. The van der Waals surface area contributed by atoms with Crippen LogP contribution in [0.3, 0.4) is 0 Å². The lowest BCUT2D eigenvalue weighted by Crippen LogP contribution is -2.29. The highest BCUT2D eigenvalue weighted by Gasteiger charge is 2.69. The number of fused-ring (bicyclic) bond motifs is 1. The monoisotopic (exact) mass is 200 g/mol. The first kappa shape index (κ1) is 9.14. The lowest BCUT2D eigenvalue weighted by molar-refractivity contribution is -0.119. The molecule has 1 aromatic carbocycles. The Balaban J connectivity index is 2.09. The van der Waals surface area contributed by atoms with Crippen molar-refractivity contribution in [3.63, 3.8) is 0 Å². The Bertz CT molecular complexity index is 422. The van der Waals surface area contributed by atoms with Gasteiger partial charge in [-0.3, -0.25) is 4.79 Å². The van der Waals surface area contributed by atoms with Crippen LogP contribution < -0.4 is 0 Å². The van der Waals surface area contributed by atoms with Crippen molar-refractivity contribution in [3.8, 4) is 0 Å². The molecule has 0 saturated heterocycles. The van der Waals surface area contributed by atoms with Crippen LogP contribution in [0.1, 0.15) is 32.3 Å². The van der Waals surface area contributed by atoms with Crippen LogP contribution in [0.25, 0.3) is 0 Å². The second kappa shape index (κ2) is 2.52. The molecule has 0 aliphatic heterocycles.